The largest absolute Gasteiger partial charge is 0.204 e. The van der Waals surface area contributed by atoms with Crippen molar-refractivity contribution in [1.29, 1.82) is 0 Å². The fourth-order valence-corrected chi connectivity index (χ4v) is 3.38. The van der Waals surface area contributed by atoms with Gasteiger partial charge in [0.05, 0.1) is 4.88 Å². The van der Waals surface area contributed by atoms with Gasteiger partial charge in [-0.2, -0.15) is 0 Å². The van der Waals surface area contributed by atoms with Crippen molar-refractivity contribution in [1.82, 2.24) is 10.2 Å². The van der Waals surface area contributed by atoms with Crippen molar-refractivity contribution in [2.45, 2.75) is 13.8 Å². The molecule has 102 valence electrons. The highest BCUT2D eigenvalue weighted by atomic mass is 35.5. The van der Waals surface area contributed by atoms with Crippen LogP contribution in [0.5, 0.6) is 0 Å². The van der Waals surface area contributed by atoms with E-state index in [2.05, 4.69) is 10.2 Å². The van der Waals surface area contributed by atoms with Crippen LogP contribution in [0.3, 0.4) is 0 Å². The zero-order valence-corrected chi connectivity index (χ0v) is 12.2. The van der Waals surface area contributed by atoms with Gasteiger partial charge in [-0.25, -0.2) is 8.78 Å². The predicted molar refractivity (Wildman–Crippen MR) is 77.3 cm³/mol. The molecule has 20 heavy (non-hydrogen) atoms. The van der Waals surface area contributed by atoms with Gasteiger partial charge in [0.15, 0.2) is 16.8 Å². The number of benzene rings is 1. The molecule has 0 bridgehead atoms. The summed E-state index contributed by atoms with van der Waals surface area (Å²) in [4.78, 5) is 2.01. The van der Waals surface area contributed by atoms with Gasteiger partial charge in [0, 0.05) is 15.6 Å². The lowest BCUT2D eigenvalue weighted by Gasteiger charge is -2.06. The maximum absolute atomic E-state index is 13.5. The molecular weight excluding hydrogens is 302 g/mol. The minimum Gasteiger partial charge on any atom is -0.204 e. The highest BCUT2D eigenvalue weighted by molar-refractivity contribution is 7.15. The Labute approximate surface area is 123 Å². The summed E-state index contributed by atoms with van der Waals surface area (Å²) in [5.41, 5.74) is 1.55. The minimum atomic E-state index is -0.947. The molecule has 6 heteroatoms. The number of hydrogen-bond donors (Lipinski definition) is 0. The third-order valence-corrected chi connectivity index (χ3v) is 4.47. The van der Waals surface area contributed by atoms with Gasteiger partial charge in [-0.15, -0.1) is 21.5 Å². The average molecular weight is 311 g/mol. The van der Waals surface area contributed by atoms with Gasteiger partial charge in [-0.1, -0.05) is 11.6 Å². The molecule has 2 aromatic heterocycles. The first-order chi connectivity index (χ1) is 9.47. The minimum absolute atomic E-state index is 0.0635. The van der Waals surface area contributed by atoms with Gasteiger partial charge in [0.2, 0.25) is 0 Å². The van der Waals surface area contributed by atoms with Crippen LogP contribution >= 0.6 is 22.9 Å². The normalized spacial score (nSPS) is 11.2. The first-order valence-electron chi connectivity index (χ1n) is 5.85. The Balaban J connectivity index is 2.40. The highest BCUT2D eigenvalue weighted by Gasteiger charge is 2.16. The van der Waals surface area contributed by atoms with E-state index in [1.165, 1.54) is 11.3 Å². The Morgan fingerprint density at radius 3 is 2.25 bits per heavy atom. The van der Waals surface area contributed by atoms with E-state index in [1.54, 1.807) is 0 Å². The van der Waals surface area contributed by atoms with Crippen LogP contribution in [0, 0.1) is 25.5 Å². The van der Waals surface area contributed by atoms with E-state index < -0.39 is 11.6 Å². The summed E-state index contributed by atoms with van der Waals surface area (Å²) in [7, 11) is 0. The summed E-state index contributed by atoms with van der Waals surface area (Å²) in [5.74, 6) is -1.87. The second-order valence-electron chi connectivity index (χ2n) is 4.52. The van der Waals surface area contributed by atoms with Crippen LogP contribution in [0.15, 0.2) is 18.2 Å². The number of nitrogens with zero attached hydrogens (tertiary/aromatic N) is 2. The molecule has 0 radical (unpaired) electrons. The molecule has 0 unspecified atom stereocenters. The number of fused-ring (bicyclic) bond motifs is 1. The van der Waals surface area contributed by atoms with Crippen molar-refractivity contribution in [3.63, 3.8) is 0 Å². The summed E-state index contributed by atoms with van der Waals surface area (Å²) in [5, 5.41) is 8.79. The molecule has 0 aliphatic heterocycles. The molecule has 0 N–H and O–H groups in total. The monoisotopic (exact) mass is 310 g/mol. The Morgan fingerprint density at radius 2 is 1.65 bits per heavy atom. The number of halogens is 3. The summed E-state index contributed by atoms with van der Waals surface area (Å²) < 4.78 is 26.9. The summed E-state index contributed by atoms with van der Waals surface area (Å²) in [6, 6.07) is 4.19. The van der Waals surface area contributed by atoms with E-state index >= 15 is 0 Å². The smallest absolute Gasteiger partial charge is 0.159 e. The van der Waals surface area contributed by atoms with Crippen LogP contribution < -0.4 is 0 Å². The Kier molecular flexibility index (Phi) is 3.18. The van der Waals surface area contributed by atoms with Crippen molar-refractivity contribution in [3.05, 3.63) is 45.4 Å². The van der Waals surface area contributed by atoms with Crippen LogP contribution in [0.4, 0.5) is 8.78 Å². The zero-order valence-electron chi connectivity index (χ0n) is 10.7. The zero-order chi connectivity index (χ0) is 14.4. The second kappa shape index (κ2) is 4.75. The first kappa shape index (κ1) is 13.4. The lowest BCUT2D eigenvalue weighted by molar-refractivity contribution is 0.511. The predicted octanol–water partition coefficient (Wildman–Crippen LogP) is 4.91. The van der Waals surface area contributed by atoms with E-state index in [0.717, 1.165) is 27.5 Å². The number of hydrogen-bond acceptors (Lipinski definition) is 3. The summed E-state index contributed by atoms with van der Waals surface area (Å²) >= 11 is 7.46. The second-order valence-corrected chi connectivity index (χ2v) is 6.13. The van der Waals surface area contributed by atoms with Gasteiger partial charge >= 0.3 is 0 Å². The Morgan fingerprint density at radius 1 is 1.00 bits per heavy atom. The van der Waals surface area contributed by atoms with E-state index in [-0.39, 0.29) is 5.15 Å². The highest BCUT2D eigenvalue weighted by Crippen LogP contribution is 2.36. The van der Waals surface area contributed by atoms with Gasteiger partial charge < -0.3 is 0 Å². The number of aryl methyl sites for hydroxylation is 2. The fourth-order valence-electron chi connectivity index (χ4n) is 2.16. The van der Waals surface area contributed by atoms with Crippen molar-refractivity contribution in [3.8, 4) is 10.6 Å². The topological polar surface area (TPSA) is 25.8 Å². The fraction of sp³-hybridized carbons (Fsp3) is 0.143. The molecule has 2 heterocycles. The quantitative estimate of drug-likeness (QED) is 0.638. The van der Waals surface area contributed by atoms with Crippen molar-refractivity contribution in [2.75, 3.05) is 0 Å². The van der Waals surface area contributed by atoms with Crippen molar-refractivity contribution >= 4 is 33.7 Å². The SMILES string of the molecule is Cc1cc(C)c(-c2nnc(Cl)c3cc(F)c(F)cc23)s1. The summed E-state index contributed by atoms with van der Waals surface area (Å²) in [6.07, 6.45) is 0. The van der Waals surface area contributed by atoms with Gasteiger partial charge in [-0.05, 0) is 37.6 Å². The maximum atomic E-state index is 13.5. The van der Waals surface area contributed by atoms with E-state index in [9.17, 15) is 8.78 Å². The Bertz CT molecular complexity index is 830. The summed E-state index contributed by atoms with van der Waals surface area (Å²) in [6.45, 7) is 3.92. The third-order valence-electron chi connectivity index (χ3n) is 3.03. The molecular formula is C14H9ClF2N2S. The van der Waals surface area contributed by atoms with Crippen LogP contribution in [0.1, 0.15) is 10.4 Å². The molecule has 0 fully saturated rings. The van der Waals surface area contributed by atoms with Crippen molar-refractivity contribution < 1.29 is 8.78 Å². The van der Waals surface area contributed by atoms with E-state index in [4.69, 9.17) is 11.6 Å². The molecule has 0 aliphatic carbocycles. The van der Waals surface area contributed by atoms with Crippen LogP contribution in [0.2, 0.25) is 5.15 Å². The molecule has 1 aromatic carbocycles. The third kappa shape index (κ3) is 2.07. The molecule has 3 aromatic rings. The maximum Gasteiger partial charge on any atom is 0.159 e. The molecule has 0 amide bonds. The molecule has 3 rings (SSSR count). The van der Waals surface area contributed by atoms with Gasteiger partial charge in [0.25, 0.3) is 0 Å². The number of aromatic nitrogens is 2. The molecule has 0 atom stereocenters. The standard InChI is InChI=1S/C14H9ClF2N2S/c1-6-3-7(2)20-13(6)12-8-4-10(16)11(17)5-9(8)14(15)19-18-12/h3-5H,1-2H3. The number of rotatable bonds is 1. The molecule has 2 nitrogen and oxygen atoms in total. The molecule has 0 saturated carbocycles. The molecule has 0 spiro atoms. The lowest BCUT2D eigenvalue weighted by Crippen LogP contribution is -1.94. The van der Waals surface area contributed by atoms with Crippen LogP contribution in [-0.4, -0.2) is 10.2 Å². The molecule has 0 aliphatic rings. The van der Waals surface area contributed by atoms with Crippen molar-refractivity contribution in [2.24, 2.45) is 0 Å². The Hall–Kier alpha value is -1.59. The van der Waals surface area contributed by atoms with Crippen LogP contribution in [0.25, 0.3) is 21.3 Å². The lowest BCUT2D eigenvalue weighted by atomic mass is 10.1. The van der Waals surface area contributed by atoms with Crippen LogP contribution in [-0.2, 0) is 0 Å². The molecule has 0 saturated heterocycles. The van der Waals surface area contributed by atoms with E-state index in [0.29, 0.717) is 16.5 Å². The number of thiophene rings is 1. The average Bonchev–Trinajstić information content (AvgIpc) is 2.71. The first-order valence-corrected chi connectivity index (χ1v) is 7.05. The van der Waals surface area contributed by atoms with E-state index in [1.807, 2.05) is 19.9 Å². The van der Waals surface area contributed by atoms with Gasteiger partial charge in [-0.3, -0.25) is 0 Å². The van der Waals surface area contributed by atoms with Gasteiger partial charge in [0.1, 0.15) is 5.69 Å².